The van der Waals surface area contributed by atoms with Gasteiger partial charge in [-0.15, -0.1) is 0 Å². The Morgan fingerprint density at radius 3 is 2.71 bits per heavy atom. The van der Waals surface area contributed by atoms with E-state index in [1.165, 1.54) is 24.4 Å². The van der Waals surface area contributed by atoms with Crippen LogP contribution < -0.4 is 5.32 Å². The number of pyridine rings is 1. The van der Waals surface area contributed by atoms with Crippen LogP contribution in [0.4, 0.5) is 15.9 Å². The van der Waals surface area contributed by atoms with E-state index in [1.54, 1.807) is 12.1 Å². The number of anilines is 1. The lowest BCUT2D eigenvalue weighted by Gasteiger charge is -2.07. The second kappa shape index (κ2) is 5.40. The summed E-state index contributed by atoms with van der Waals surface area (Å²) >= 11 is 3.28. The Balaban J connectivity index is 1.69. The van der Waals surface area contributed by atoms with Crippen LogP contribution in [-0.4, -0.2) is 15.9 Å². The number of aromatic nitrogens is 1. The van der Waals surface area contributed by atoms with Crippen molar-refractivity contribution in [3.05, 3.63) is 62.5 Å². The van der Waals surface area contributed by atoms with Crippen LogP contribution in [0.25, 0.3) is 0 Å². The second-order valence-corrected chi connectivity index (χ2v) is 5.78. The van der Waals surface area contributed by atoms with Crippen LogP contribution >= 0.6 is 15.9 Å². The second-order valence-electron chi connectivity index (χ2n) is 4.93. The lowest BCUT2D eigenvalue weighted by atomic mass is 10.1. The molecule has 7 heteroatoms. The minimum absolute atomic E-state index is 0.0571. The lowest BCUT2D eigenvalue weighted by molar-refractivity contribution is -0.385. The highest BCUT2D eigenvalue weighted by atomic mass is 79.9. The molecule has 0 bridgehead atoms. The third-order valence-electron chi connectivity index (χ3n) is 3.45. The molecule has 1 saturated carbocycles. The Kier molecular flexibility index (Phi) is 3.59. The van der Waals surface area contributed by atoms with Gasteiger partial charge in [0, 0.05) is 18.0 Å². The summed E-state index contributed by atoms with van der Waals surface area (Å²) in [6.07, 6.45) is 2.15. The molecule has 2 aromatic rings. The van der Waals surface area contributed by atoms with E-state index in [2.05, 4.69) is 26.2 Å². The van der Waals surface area contributed by atoms with Crippen LogP contribution in [-0.2, 0) is 0 Å². The van der Waals surface area contributed by atoms with Crippen LogP contribution in [0.5, 0.6) is 0 Å². The average molecular weight is 352 g/mol. The molecular weight excluding hydrogens is 341 g/mol. The van der Waals surface area contributed by atoms with E-state index in [4.69, 9.17) is 0 Å². The molecule has 5 nitrogen and oxygen atoms in total. The van der Waals surface area contributed by atoms with E-state index in [1.807, 2.05) is 0 Å². The van der Waals surface area contributed by atoms with E-state index in [0.29, 0.717) is 16.2 Å². The molecule has 1 N–H and O–H groups in total. The first-order valence-electron chi connectivity index (χ1n) is 6.36. The first-order valence-corrected chi connectivity index (χ1v) is 7.16. The van der Waals surface area contributed by atoms with Gasteiger partial charge < -0.3 is 5.32 Å². The minimum atomic E-state index is -0.486. The highest BCUT2D eigenvalue weighted by Gasteiger charge is 2.38. The fourth-order valence-corrected chi connectivity index (χ4v) is 2.69. The van der Waals surface area contributed by atoms with Gasteiger partial charge in [0.05, 0.1) is 9.40 Å². The first-order chi connectivity index (χ1) is 10.0. The molecule has 0 spiro atoms. The van der Waals surface area contributed by atoms with Crippen molar-refractivity contribution >= 4 is 27.4 Å². The number of nitrogens with zero attached hydrogens (tertiary/aromatic N) is 2. The van der Waals surface area contributed by atoms with Gasteiger partial charge in [0.1, 0.15) is 17.8 Å². The molecule has 0 amide bonds. The molecule has 0 unspecified atom stereocenters. The van der Waals surface area contributed by atoms with Crippen molar-refractivity contribution in [1.82, 2.24) is 4.98 Å². The Bertz CT molecular complexity index is 693. The zero-order valence-electron chi connectivity index (χ0n) is 10.8. The summed E-state index contributed by atoms with van der Waals surface area (Å²) in [7, 11) is 0. The van der Waals surface area contributed by atoms with Gasteiger partial charge in [-0.25, -0.2) is 9.37 Å². The maximum atomic E-state index is 12.9. The quantitative estimate of drug-likeness (QED) is 0.670. The van der Waals surface area contributed by atoms with E-state index in [-0.39, 0.29) is 17.5 Å². The van der Waals surface area contributed by atoms with Gasteiger partial charge in [0.15, 0.2) is 0 Å². The van der Waals surface area contributed by atoms with Crippen molar-refractivity contribution in [1.29, 1.82) is 0 Å². The topological polar surface area (TPSA) is 68.1 Å². The van der Waals surface area contributed by atoms with Gasteiger partial charge in [0.2, 0.25) is 0 Å². The number of hydrogen-bond acceptors (Lipinski definition) is 4. The smallest absolute Gasteiger partial charge is 0.288 e. The Labute approximate surface area is 128 Å². The molecule has 1 aromatic heterocycles. The molecule has 21 heavy (non-hydrogen) atoms. The van der Waals surface area contributed by atoms with Crippen molar-refractivity contribution in [3.63, 3.8) is 0 Å². The molecule has 1 aromatic carbocycles. The highest BCUT2D eigenvalue weighted by molar-refractivity contribution is 9.10. The molecule has 0 radical (unpaired) electrons. The number of benzene rings is 1. The van der Waals surface area contributed by atoms with Crippen molar-refractivity contribution in [2.24, 2.45) is 0 Å². The molecule has 108 valence electrons. The SMILES string of the molecule is O=[N+]([O-])c1cnc(N[C@@H]2C[C@H]2c2ccc(F)cc2)c(Br)c1. The van der Waals surface area contributed by atoms with Crippen LogP contribution in [0, 0.1) is 15.9 Å². The third kappa shape index (κ3) is 3.02. The zero-order valence-corrected chi connectivity index (χ0v) is 12.4. The van der Waals surface area contributed by atoms with E-state index in [0.717, 1.165) is 12.0 Å². The average Bonchev–Trinajstić information content (AvgIpc) is 3.21. The van der Waals surface area contributed by atoms with Gasteiger partial charge in [-0.05, 0) is 40.0 Å². The number of hydrogen-bond donors (Lipinski definition) is 1. The maximum absolute atomic E-state index is 12.9. The molecule has 2 atom stereocenters. The molecule has 1 aliphatic carbocycles. The lowest BCUT2D eigenvalue weighted by Crippen LogP contribution is -2.06. The summed E-state index contributed by atoms with van der Waals surface area (Å²) < 4.78 is 13.4. The van der Waals surface area contributed by atoms with Crippen molar-refractivity contribution in [2.45, 2.75) is 18.4 Å². The van der Waals surface area contributed by atoms with E-state index >= 15 is 0 Å². The summed E-state index contributed by atoms with van der Waals surface area (Å²) in [6, 6.07) is 8.08. The Morgan fingerprint density at radius 2 is 2.10 bits per heavy atom. The van der Waals surface area contributed by atoms with Crippen LogP contribution in [0.3, 0.4) is 0 Å². The standard InChI is InChI=1S/C14H11BrFN3O2/c15-12-5-10(19(20)21)7-17-14(12)18-13-6-11(13)8-1-3-9(16)4-2-8/h1-5,7,11,13H,6H2,(H,17,18)/t11-,13+/m0/s1. The van der Waals surface area contributed by atoms with Crippen LogP contribution in [0.15, 0.2) is 41.0 Å². The molecule has 0 saturated heterocycles. The van der Waals surface area contributed by atoms with Crippen LogP contribution in [0.1, 0.15) is 17.9 Å². The predicted octanol–water partition coefficient (Wildman–Crippen LogP) is 3.86. The van der Waals surface area contributed by atoms with Gasteiger partial charge in [-0.1, -0.05) is 12.1 Å². The van der Waals surface area contributed by atoms with E-state index < -0.39 is 4.92 Å². The predicted molar refractivity (Wildman–Crippen MR) is 79.8 cm³/mol. The van der Waals surface area contributed by atoms with Crippen molar-refractivity contribution < 1.29 is 9.31 Å². The molecule has 1 fully saturated rings. The number of rotatable bonds is 4. The fourth-order valence-electron chi connectivity index (χ4n) is 2.24. The maximum Gasteiger partial charge on any atom is 0.288 e. The van der Waals surface area contributed by atoms with Crippen molar-refractivity contribution in [2.75, 3.05) is 5.32 Å². The molecule has 1 heterocycles. The molecular formula is C14H11BrFN3O2. The number of halogens is 2. The highest BCUT2D eigenvalue weighted by Crippen LogP contribution is 2.43. The minimum Gasteiger partial charge on any atom is -0.366 e. The first kappa shape index (κ1) is 13.9. The van der Waals surface area contributed by atoms with E-state index in [9.17, 15) is 14.5 Å². The Morgan fingerprint density at radius 1 is 1.38 bits per heavy atom. The van der Waals surface area contributed by atoms with Crippen LogP contribution in [0.2, 0.25) is 0 Å². The third-order valence-corrected chi connectivity index (χ3v) is 4.05. The monoisotopic (exact) mass is 351 g/mol. The number of nitrogens with one attached hydrogen (secondary N) is 1. The molecule has 1 aliphatic rings. The largest absolute Gasteiger partial charge is 0.366 e. The summed E-state index contributed by atoms with van der Waals surface area (Å²) in [4.78, 5) is 14.2. The van der Waals surface area contributed by atoms with Gasteiger partial charge in [-0.2, -0.15) is 0 Å². The number of nitro groups is 1. The summed E-state index contributed by atoms with van der Waals surface area (Å²) in [5.74, 6) is 0.647. The summed E-state index contributed by atoms with van der Waals surface area (Å²) in [5.41, 5.74) is 1.02. The normalized spacial score (nSPS) is 20.1. The van der Waals surface area contributed by atoms with Gasteiger partial charge >= 0.3 is 0 Å². The van der Waals surface area contributed by atoms with Crippen molar-refractivity contribution in [3.8, 4) is 0 Å². The molecule has 3 rings (SSSR count). The zero-order chi connectivity index (χ0) is 15.0. The van der Waals surface area contributed by atoms with Gasteiger partial charge in [0.25, 0.3) is 5.69 Å². The Hall–Kier alpha value is -2.02. The van der Waals surface area contributed by atoms with Gasteiger partial charge in [-0.3, -0.25) is 10.1 Å². The fraction of sp³-hybridized carbons (Fsp3) is 0.214. The summed E-state index contributed by atoms with van der Waals surface area (Å²) in [6.45, 7) is 0. The molecule has 0 aliphatic heterocycles. The summed E-state index contributed by atoms with van der Waals surface area (Å²) in [5, 5.41) is 13.9.